The Hall–Kier alpha value is -3.92. The zero-order chi connectivity index (χ0) is 22.2. The smallest absolute Gasteiger partial charge is 0.164 e. The van der Waals surface area contributed by atoms with E-state index < -0.39 is 0 Å². The number of ether oxygens (including phenoxy) is 1. The van der Waals surface area contributed by atoms with E-state index in [1.165, 1.54) is 11.1 Å². The van der Waals surface area contributed by atoms with Gasteiger partial charge in [-0.2, -0.15) is 5.10 Å². The van der Waals surface area contributed by atoms with Crippen LogP contribution in [0.4, 0.5) is 0 Å². The van der Waals surface area contributed by atoms with Crippen LogP contribution in [0.15, 0.2) is 78.9 Å². The van der Waals surface area contributed by atoms with Gasteiger partial charge >= 0.3 is 0 Å². The number of fused-ring (bicyclic) bond motifs is 1. The van der Waals surface area contributed by atoms with Crippen LogP contribution in [-0.2, 0) is 0 Å². The number of benzene rings is 3. The first-order valence-electron chi connectivity index (χ1n) is 10.7. The number of aromatic nitrogens is 3. The molecule has 0 atom stereocenters. The average molecular weight is 420 g/mol. The molecule has 0 aliphatic heterocycles. The monoisotopic (exact) mass is 419 g/mol. The number of aryl methyl sites for hydroxylation is 3. The highest BCUT2D eigenvalue weighted by atomic mass is 16.5. The van der Waals surface area contributed by atoms with Crippen molar-refractivity contribution in [1.82, 2.24) is 14.6 Å². The van der Waals surface area contributed by atoms with Gasteiger partial charge in [-0.05, 0) is 44.5 Å². The largest absolute Gasteiger partial charge is 0.497 e. The van der Waals surface area contributed by atoms with Crippen LogP contribution in [0.1, 0.15) is 16.8 Å². The highest BCUT2D eigenvalue weighted by Gasteiger charge is 2.18. The van der Waals surface area contributed by atoms with E-state index in [0.29, 0.717) is 0 Å². The summed E-state index contributed by atoms with van der Waals surface area (Å²) in [5, 5.41) is 4.90. The maximum Gasteiger partial charge on any atom is 0.164 e. The zero-order valence-corrected chi connectivity index (χ0v) is 18.8. The lowest BCUT2D eigenvalue weighted by Gasteiger charge is -2.10. The Morgan fingerprint density at radius 2 is 1.25 bits per heavy atom. The van der Waals surface area contributed by atoms with Gasteiger partial charge < -0.3 is 4.74 Å². The molecule has 2 heterocycles. The van der Waals surface area contributed by atoms with Crippen LogP contribution in [0.3, 0.4) is 0 Å². The molecule has 158 valence electrons. The van der Waals surface area contributed by atoms with Gasteiger partial charge in [0.25, 0.3) is 0 Å². The summed E-state index contributed by atoms with van der Waals surface area (Å²) in [6.45, 7) is 6.24. The molecule has 0 saturated carbocycles. The van der Waals surface area contributed by atoms with Crippen LogP contribution >= 0.6 is 0 Å². The van der Waals surface area contributed by atoms with Gasteiger partial charge in [0, 0.05) is 16.7 Å². The Morgan fingerprint density at radius 3 is 1.84 bits per heavy atom. The van der Waals surface area contributed by atoms with Gasteiger partial charge in [-0.25, -0.2) is 9.50 Å². The van der Waals surface area contributed by atoms with Gasteiger partial charge in [-0.15, -0.1) is 0 Å². The first-order valence-corrected chi connectivity index (χ1v) is 10.7. The van der Waals surface area contributed by atoms with Crippen molar-refractivity contribution in [3.63, 3.8) is 0 Å². The SMILES string of the molecule is COc1ccc(-c2c(C)nn3c(-c4ccc(C)cc4)cc(-c4ccc(C)cc4)nc23)cc1. The lowest BCUT2D eigenvalue weighted by atomic mass is 10.0. The van der Waals surface area contributed by atoms with E-state index in [4.69, 9.17) is 14.8 Å². The van der Waals surface area contributed by atoms with Crippen molar-refractivity contribution in [3.05, 3.63) is 95.7 Å². The number of hydrogen-bond donors (Lipinski definition) is 0. The molecule has 0 spiro atoms. The number of methoxy groups -OCH3 is 1. The van der Waals surface area contributed by atoms with Crippen molar-refractivity contribution >= 4 is 5.65 Å². The van der Waals surface area contributed by atoms with E-state index in [2.05, 4.69) is 80.6 Å². The molecule has 32 heavy (non-hydrogen) atoms. The Labute approximate surface area is 188 Å². The summed E-state index contributed by atoms with van der Waals surface area (Å²) in [4.78, 5) is 5.09. The first-order chi connectivity index (χ1) is 15.5. The molecule has 2 aromatic heterocycles. The van der Waals surface area contributed by atoms with Crippen molar-refractivity contribution in [3.8, 4) is 39.4 Å². The second kappa shape index (κ2) is 7.97. The van der Waals surface area contributed by atoms with Crippen molar-refractivity contribution in [2.45, 2.75) is 20.8 Å². The zero-order valence-electron chi connectivity index (χ0n) is 18.8. The standard InChI is InChI=1S/C28H25N3O/c1-18-5-9-21(10-6-18)25-17-26(22-11-7-19(2)8-12-22)31-28(29-25)27(20(3)30-31)23-13-15-24(32-4)16-14-23/h5-17H,1-4H3. The van der Waals surface area contributed by atoms with Crippen molar-refractivity contribution in [2.24, 2.45) is 0 Å². The third-order valence-corrected chi connectivity index (χ3v) is 5.84. The van der Waals surface area contributed by atoms with Crippen molar-refractivity contribution in [1.29, 1.82) is 0 Å². The second-order valence-electron chi connectivity index (χ2n) is 8.18. The molecule has 5 aromatic rings. The van der Waals surface area contributed by atoms with Crippen LogP contribution in [-0.4, -0.2) is 21.7 Å². The van der Waals surface area contributed by atoms with Gasteiger partial charge in [0.15, 0.2) is 5.65 Å². The minimum absolute atomic E-state index is 0.830. The van der Waals surface area contributed by atoms with E-state index in [0.717, 1.165) is 50.7 Å². The third kappa shape index (κ3) is 3.54. The van der Waals surface area contributed by atoms with Crippen LogP contribution in [0, 0.1) is 20.8 Å². The molecule has 0 unspecified atom stereocenters. The van der Waals surface area contributed by atoms with Gasteiger partial charge in [0.2, 0.25) is 0 Å². The Bertz CT molecular complexity index is 1400. The van der Waals surface area contributed by atoms with Crippen LogP contribution < -0.4 is 4.74 Å². The average Bonchev–Trinajstić information content (AvgIpc) is 3.15. The lowest BCUT2D eigenvalue weighted by Crippen LogP contribution is -1.99. The molecule has 0 saturated heterocycles. The molecule has 4 heteroatoms. The summed E-state index contributed by atoms with van der Waals surface area (Å²) >= 11 is 0. The summed E-state index contributed by atoms with van der Waals surface area (Å²) < 4.78 is 7.31. The van der Waals surface area contributed by atoms with Crippen LogP contribution in [0.2, 0.25) is 0 Å². The Kier molecular flexibility index (Phi) is 4.98. The molecular weight excluding hydrogens is 394 g/mol. The van der Waals surface area contributed by atoms with Crippen molar-refractivity contribution in [2.75, 3.05) is 7.11 Å². The number of rotatable bonds is 4. The molecule has 3 aromatic carbocycles. The molecule has 0 amide bonds. The van der Waals surface area contributed by atoms with E-state index >= 15 is 0 Å². The van der Waals surface area contributed by atoms with Crippen LogP contribution in [0.5, 0.6) is 5.75 Å². The second-order valence-corrected chi connectivity index (χ2v) is 8.18. The summed E-state index contributed by atoms with van der Waals surface area (Å²) in [5.41, 5.74) is 10.5. The van der Waals surface area contributed by atoms with E-state index in [-0.39, 0.29) is 0 Å². The Morgan fingerprint density at radius 1 is 0.688 bits per heavy atom. The maximum absolute atomic E-state index is 5.34. The van der Waals surface area contributed by atoms with Gasteiger partial charge in [0.05, 0.1) is 24.2 Å². The summed E-state index contributed by atoms with van der Waals surface area (Å²) in [7, 11) is 1.68. The molecule has 0 fully saturated rings. The number of hydrogen-bond acceptors (Lipinski definition) is 3. The quantitative estimate of drug-likeness (QED) is 0.327. The summed E-state index contributed by atoms with van der Waals surface area (Å²) in [5.74, 6) is 0.830. The minimum Gasteiger partial charge on any atom is -0.497 e. The number of nitrogens with zero attached hydrogens (tertiary/aromatic N) is 3. The normalized spacial score (nSPS) is 11.1. The molecule has 0 aliphatic rings. The molecule has 4 nitrogen and oxygen atoms in total. The molecule has 5 rings (SSSR count). The highest BCUT2D eigenvalue weighted by molar-refractivity contribution is 5.84. The molecule has 0 N–H and O–H groups in total. The fourth-order valence-corrected chi connectivity index (χ4v) is 4.02. The third-order valence-electron chi connectivity index (χ3n) is 5.84. The molecular formula is C28H25N3O. The Balaban J connectivity index is 1.79. The topological polar surface area (TPSA) is 39.4 Å². The predicted octanol–water partition coefficient (Wildman–Crippen LogP) is 6.66. The fraction of sp³-hybridized carbons (Fsp3) is 0.143. The summed E-state index contributed by atoms with van der Waals surface area (Å²) in [6, 6.07) is 27.3. The molecule has 0 bridgehead atoms. The van der Waals surface area contributed by atoms with Gasteiger partial charge in [-0.1, -0.05) is 71.8 Å². The van der Waals surface area contributed by atoms with Gasteiger partial charge in [0.1, 0.15) is 5.75 Å². The molecule has 0 aliphatic carbocycles. The van der Waals surface area contributed by atoms with E-state index in [1.54, 1.807) is 7.11 Å². The predicted molar refractivity (Wildman–Crippen MR) is 130 cm³/mol. The molecule has 0 radical (unpaired) electrons. The highest BCUT2D eigenvalue weighted by Crippen LogP contribution is 2.34. The van der Waals surface area contributed by atoms with Crippen LogP contribution in [0.25, 0.3) is 39.3 Å². The first kappa shape index (κ1) is 20.0. The maximum atomic E-state index is 5.34. The van der Waals surface area contributed by atoms with E-state index in [1.807, 2.05) is 23.6 Å². The van der Waals surface area contributed by atoms with E-state index in [9.17, 15) is 0 Å². The minimum atomic E-state index is 0.830. The van der Waals surface area contributed by atoms with Crippen molar-refractivity contribution < 1.29 is 4.74 Å². The summed E-state index contributed by atoms with van der Waals surface area (Å²) in [6.07, 6.45) is 0. The fourth-order valence-electron chi connectivity index (χ4n) is 4.02. The van der Waals surface area contributed by atoms with Gasteiger partial charge in [-0.3, -0.25) is 0 Å². The lowest BCUT2D eigenvalue weighted by molar-refractivity contribution is 0.415.